The zero-order valence-electron chi connectivity index (χ0n) is 11.1. The molecule has 1 aliphatic heterocycles. The standard InChI is InChI=1S/C14H20N2O2/c1-10-8-15-9-11(2)16(10)13-7-5-4-6-12(13)14(17)18-3/h4-7,10-11,15H,8-9H2,1-3H3. The second-order valence-corrected chi connectivity index (χ2v) is 4.77. The molecule has 1 aliphatic rings. The zero-order valence-corrected chi connectivity index (χ0v) is 11.1. The van der Waals surface area contributed by atoms with Crippen molar-refractivity contribution in [2.75, 3.05) is 25.1 Å². The minimum atomic E-state index is -0.275. The summed E-state index contributed by atoms with van der Waals surface area (Å²) in [6, 6.07) is 8.36. The van der Waals surface area contributed by atoms with Gasteiger partial charge in [-0.15, -0.1) is 0 Å². The second-order valence-electron chi connectivity index (χ2n) is 4.77. The molecule has 1 fully saturated rings. The largest absolute Gasteiger partial charge is 0.465 e. The van der Waals surface area contributed by atoms with Crippen molar-refractivity contribution in [3.63, 3.8) is 0 Å². The molecule has 1 aromatic rings. The number of esters is 1. The first-order valence-electron chi connectivity index (χ1n) is 6.31. The van der Waals surface area contributed by atoms with Crippen LogP contribution in [0.2, 0.25) is 0 Å². The third kappa shape index (κ3) is 2.34. The van der Waals surface area contributed by atoms with Crippen LogP contribution in [0.3, 0.4) is 0 Å². The molecule has 0 saturated carbocycles. The van der Waals surface area contributed by atoms with Crippen molar-refractivity contribution in [2.45, 2.75) is 25.9 Å². The fraction of sp³-hybridized carbons (Fsp3) is 0.500. The van der Waals surface area contributed by atoms with Crippen LogP contribution in [0.4, 0.5) is 5.69 Å². The van der Waals surface area contributed by atoms with E-state index >= 15 is 0 Å². The molecule has 1 saturated heterocycles. The predicted molar refractivity (Wildman–Crippen MR) is 72.1 cm³/mol. The summed E-state index contributed by atoms with van der Waals surface area (Å²) in [6.45, 7) is 6.19. The summed E-state index contributed by atoms with van der Waals surface area (Å²) in [7, 11) is 1.42. The third-order valence-electron chi connectivity index (χ3n) is 3.42. The molecule has 0 radical (unpaired) electrons. The smallest absolute Gasteiger partial charge is 0.339 e. The lowest BCUT2D eigenvalue weighted by Crippen LogP contribution is -2.55. The van der Waals surface area contributed by atoms with E-state index in [1.54, 1.807) is 0 Å². The normalized spacial score (nSPS) is 23.8. The Hall–Kier alpha value is -1.55. The monoisotopic (exact) mass is 248 g/mol. The molecule has 2 atom stereocenters. The number of benzene rings is 1. The Bertz CT molecular complexity index is 424. The maximum absolute atomic E-state index is 11.8. The van der Waals surface area contributed by atoms with E-state index < -0.39 is 0 Å². The van der Waals surface area contributed by atoms with Gasteiger partial charge >= 0.3 is 5.97 Å². The SMILES string of the molecule is COC(=O)c1ccccc1N1C(C)CNCC1C. The van der Waals surface area contributed by atoms with Gasteiger partial charge in [0.05, 0.1) is 18.4 Å². The third-order valence-corrected chi connectivity index (χ3v) is 3.42. The Morgan fingerprint density at radius 3 is 2.50 bits per heavy atom. The average Bonchev–Trinajstić information content (AvgIpc) is 2.38. The first kappa shape index (κ1) is 12.9. The van der Waals surface area contributed by atoms with Crippen molar-refractivity contribution in [1.29, 1.82) is 0 Å². The number of methoxy groups -OCH3 is 1. The number of rotatable bonds is 2. The molecule has 98 valence electrons. The van der Waals surface area contributed by atoms with Crippen LogP contribution < -0.4 is 10.2 Å². The van der Waals surface area contributed by atoms with E-state index in [1.807, 2.05) is 24.3 Å². The molecule has 1 aromatic carbocycles. The Kier molecular flexibility index (Phi) is 3.87. The van der Waals surface area contributed by atoms with Gasteiger partial charge < -0.3 is 15.0 Å². The molecule has 0 bridgehead atoms. The van der Waals surface area contributed by atoms with E-state index in [0.717, 1.165) is 18.8 Å². The number of para-hydroxylation sites is 1. The van der Waals surface area contributed by atoms with Gasteiger partial charge in [-0.05, 0) is 26.0 Å². The molecule has 1 N–H and O–H groups in total. The molecular formula is C14H20N2O2. The van der Waals surface area contributed by atoms with Gasteiger partial charge in [0.1, 0.15) is 0 Å². The van der Waals surface area contributed by atoms with Crippen LogP contribution in [0, 0.1) is 0 Å². The molecular weight excluding hydrogens is 228 g/mol. The van der Waals surface area contributed by atoms with Gasteiger partial charge in [-0.25, -0.2) is 4.79 Å². The van der Waals surface area contributed by atoms with E-state index in [9.17, 15) is 4.79 Å². The van der Waals surface area contributed by atoms with Crippen LogP contribution in [-0.4, -0.2) is 38.3 Å². The maximum atomic E-state index is 11.8. The summed E-state index contributed by atoms with van der Waals surface area (Å²) >= 11 is 0. The average molecular weight is 248 g/mol. The number of carbonyl (C=O) groups is 1. The van der Waals surface area contributed by atoms with Crippen LogP contribution in [0.5, 0.6) is 0 Å². The number of nitrogens with zero attached hydrogens (tertiary/aromatic N) is 1. The summed E-state index contributed by atoms with van der Waals surface area (Å²) in [6.07, 6.45) is 0. The van der Waals surface area contributed by atoms with Crippen LogP contribution >= 0.6 is 0 Å². The molecule has 0 aromatic heterocycles. The van der Waals surface area contributed by atoms with Crippen molar-refractivity contribution in [1.82, 2.24) is 5.32 Å². The highest BCUT2D eigenvalue weighted by Gasteiger charge is 2.27. The van der Waals surface area contributed by atoms with Gasteiger partial charge in [-0.2, -0.15) is 0 Å². The lowest BCUT2D eigenvalue weighted by Gasteiger charge is -2.41. The molecule has 4 nitrogen and oxygen atoms in total. The van der Waals surface area contributed by atoms with E-state index in [1.165, 1.54) is 7.11 Å². The summed E-state index contributed by atoms with van der Waals surface area (Å²) in [5, 5.41) is 3.39. The van der Waals surface area contributed by atoms with Crippen molar-refractivity contribution in [3.05, 3.63) is 29.8 Å². The van der Waals surface area contributed by atoms with Crippen molar-refractivity contribution in [2.24, 2.45) is 0 Å². The van der Waals surface area contributed by atoms with Crippen LogP contribution in [0.15, 0.2) is 24.3 Å². The first-order valence-corrected chi connectivity index (χ1v) is 6.31. The van der Waals surface area contributed by atoms with Gasteiger partial charge in [0.25, 0.3) is 0 Å². The number of ether oxygens (including phenoxy) is 1. The lowest BCUT2D eigenvalue weighted by atomic mass is 10.0. The summed E-state index contributed by atoms with van der Waals surface area (Å²) < 4.78 is 4.86. The van der Waals surface area contributed by atoms with E-state index in [2.05, 4.69) is 24.1 Å². The topological polar surface area (TPSA) is 41.6 Å². The summed E-state index contributed by atoms with van der Waals surface area (Å²) in [5.41, 5.74) is 1.60. The van der Waals surface area contributed by atoms with E-state index in [0.29, 0.717) is 17.6 Å². The van der Waals surface area contributed by atoms with E-state index in [-0.39, 0.29) is 5.97 Å². The van der Waals surface area contributed by atoms with Crippen LogP contribution in [-0.2, 0) is 4.74 Å². The van der Waals surface area contributed by atoms with Gasteiger partial charge in [0.15, 0.2) is 0 Å². The number of hydrogen-bond donors (Lipinski definition) is 1. The highest BCUT2D eigenvalue weighted by molar-refractivity contribution is 5.96. The van der Waals surface area contributed by atoms with E-state index in [4.69, 9.17) is 4.74 Å². The fourth-order valence-corrected chi connectivity index (χ4v) is 2.59. The molecule has 2 unspecified atom stereocenters. The molecule has 18 heavy (non-hydrogen) atoms. The minimum Gasteiger partial charge on any atom is -0.465 e. The highest BCUT2D eigenvalue weighted by atomic mass is 16.5. The molecule has 0 amide bonds. The second kappa shape index (κ2) is 5.40. The van der Waals surface area contributed by atoms with Gasteiger partial charge in [0, 0.05) is 25.2 Å². The van der Waals surface area contributed by atoms with Crippen molar-refractivity contribution < 1.29 is 9.53 Å². The quantitative estimate of drug-likeness (QED) is 0.808. The summed E-state index contributed by atoms with van der Waals surface area (Å²) in [4.78, 5) is 14.1. The molecule has 2 rings (SSSR count). The number of anilines is 1. The van der Waals surface area contributed by atoms with Crippen molar-refractivity contribution >= 4 is 11.7 Å². The fourth-order valence-electron chi connectivity index (χ4n) is 2.59. The molecule has 0 aliphatic carbocycles. The lowest BCUT2D eigenvalue weighted by molar-refractivity contribution is 0.0601. The van der Waals surface area contributed by atoms with Crippen LogP contribution in [0.1, 0.15) is 24.2 Å². The Labute approximate surface area is 108 Å². The number of carbonyl (C=O) groups excluding carboxylic acids is 1. The minimum absolute atomic E-state index is 0.275. The maximum Gasteiger partial charge on any atom is 0.339 e. The van der Waals surface area contributed by atoms with Crippen LogP contribution in [0.25, 0.3) is 0 Å². The number of nitrogens with one attached hydrogen (secondary N) is 1. The van der Waals surface area contributed by atoms with Gasteiger partial charge in [-0.3, -0.25) is 0 Å². The van der Waals surface area contributed by atoms with Gasteiger partial charge in [0.2, 0.25) is 0 Å². The first-order chi connectivity index (χ1) is 8.65. The highest BCUT2D eigenvalue weighted by Crippen LogP contribution is 2.26. The number of piperazine rings is 1. The predicted octanol–water partition coefficient (Wildman–Crippen LogP) is 1.66. The van der Waals surface area contributed by atoms with Crippen molar-refractivity contribution in [3.8, 4) is 0 Å². The molecule has 4 heteroatoms. The number of hydrogen-bond acceptors (Lipinski definition) is 4. The Balaban J connectivity index is 2.39. The van der Waals surface area contributed by atoms with Gasteiger partial charge in [-0.1, -0.05) is 12.1 Å². The molecule has 1 heterocycles. The Morgan fingerprint density at radius 1 is 1.28 bits per heavy atom. The Morgan fingerprint density at radius 2 is 1.89 bits per heavy atom. The summed E-state index contributed by atoms with van der Waals surface area (Å²) in [5.74, 6) is -0.275. The zero-order chi connectivity index (χ0) is 13.1. The molecule has 0 spiro atoms.